The van der Waals surface area contributed by atoms with Crippen LogP contribution in [0.2, 0.25) is 0 Å². The number of piperidine rings is 1. The van der Waals surface area contributed by atoms with Gasteiger partial charge in [0.1, 0.15) is 0 Å². The molecule has 2 N–H and O–H groups in total. The smallest absolute Gasteiger partial charge is 0.317 e. The molecule has 1 aromatic carbocycles. The van der Waals surface area contributed by atoms with Crippen LogP contribution >= 0.6 is 11.8 Å². The molecule has 1 atom stereocenters. The first-order valence-electron chi connectivity index (χ1n) is 8.61. The second kappa shape index (κ2) is 9.91. The number of rotatable bonds is 7. The SMILES string of the molecule is CSc1cccc(CN(C)C(=O)NCCN2CCCC[C@@H]2CO)c1. The number of benzene rings is 1. The number of carbonyl (C=O) groups excluding carboxylic acids is 1. The lowest BCUT2D eigenvalue weighted by Gasteiger charge is -2.34. The Morgan fingerprint density at radius 3 is 3.04 bits per heavy atom. The Balaban J connectivity index is 1.75. The van der Waals surface area contributed by atoms with Crippen LogP contribution in [-0.2, 0) is 6.54 Å². The number of nitrogens with zero attached hydrogens (tertiary/aromatic N) is 2. The van der Waals surface area contributed by atoms with E-state index in [2.05, 4.69) is 28.6 Å². The molecule has 2 amide bonds. The van der Waals surface area contributed by atoms with Gasteiger partial charge in [-0.15, -0.1) is 11.8 Å². The number of aliphatic hydroxyl groups excluding tert-OH is 1. The number of hydrogen-bond acceptors (Lipinski definition) is 4. The molecule has 2 rings (SSSR count). The van der Waals surface area contributed by atoms with Gasteiger partial charge in [0.05, 0.1) is 6.61 Å². The Morgan fingerprint density at radius 2 is 2.29 bits per heavy atom. The average Bonchev–Trinajstić information content (AvgIpc) is 2.62. The van der Waals surface area contributed by atoms with E-state index in [1.54, 1.807) is 16.7 Å². The van der Waals surface area contributed by atoms with Gasteiger partial charge in [0, 0.05) is 37.6 Å². The highest BCUT2D eigenvalue weighted by molar-refractivity contribution is 7.98. The molecular weight excluding hydrogens is 322 g/mol. The van der Waals surface area contributed by atoms with E-state index in [9.17, 15) is 9.90 Å². The standard InChI is InChI=1S/C18H29N3O2S/c1-20(13-15-6-5-8-17(12-15)24-2)18(23)19-9-11-21-10-4-3-7-16(21)14-22/h5-6,8,12,16,22H,3-4,7,9-11,13-14H2,1-2H3,(H,19,23)/t16-/m1/s1. The lowest BCUT2D eigenvalue weighted by atomic mass is 10.0. The van der Waals surface area contributed by atoms with Crippen molar-refractivity contribution in [1.29, 1.82) is 0 Å². The average molecular weight is 352 g/mol. The van der Waals surface area contributed by atoms with Gasteiger partial charge in [-0.05, 0) is 43.3 Å². The summed E-state index contributed by atoms with van der Waals surface area (Å²) in [7, 11) is 1.82. The van der Waals surface area contributed by atoms with E-state index in [1.165, 1.54) is 17.7 Å². The fourth-order valence-electron chi connectivity index (χ4n) is 3.12. The summed E-state index contributed by atoms with van der Waals surface area (Å²) >= 11 is 1.71. The minimum Gasteiger partial charge on any atom is -0.395 e. The number of amides is 2. The number of urea groups is 1. The van der Waals surface area contributed by atoms with Crippen molar-refractivity contribution in [3.63, 3.8) is 0 Å². The van der Waals surface area contributed by atoms with Crippen molar-refractivity contribution in [1.82, 2.24) is 15.1 Å². The highest BCUT2D eigenvalue weighted by atomic mass is 32.2. The first-order chi connectivity index (χ1) is 11.6. The largest absolute Gasteiger partial charge is 0.395 e. The maximum atomic E-state index is 12.2. The molecule has 0 bridgehead atoms. The summed E-state index contributed by atoms with van der Waals surface area (Å²) in [4.78, 5) is 17.4. The predicted molar refractivity (Wildman–Crippen MR) is 99.4 cm³/mol. The van der Waals surface area contributed by atoms with Crippen molar-refractivity contribution < 1.29 is 9.90 Å². The Hall–Kier alpha value is -1.24. The molecule has 0 aromatic heterocycles. The van der Waals surface area contributed by atoms with Crippen LogP contribution < -0.4 is 5.32 Å². The molecule has 1 aliphatic rings. The van der Waals surface area contributed by atoms with Gasteiger partial charge >= 0.3 is 6.03 Å². The lowest BCUT2D eigenvalue weighted by molar-refractivity contribution is 0.0911. The highest BCUT2D eigenvalue weighted by Gasteiger charge is 2.21. The molecule has 24 heavy (non-hydrogen) atoms. The van der Waals surface area contributed by atoms with Crippen LogP contribution in [0.1, 0.15) is 24.8 Å². The van der Waals surface area contributed by atoms with E-state index >= 15 is 0 Å². The van der Waals surface area contributed by atoms with Gasteiger partial charge in [0.15, 0.2) is 0 Å². The number of carbonyl (C=O) groups is 1. The second-order valence-electron chi connectivity index (χ2n) is 6.31. The number of thioether (sulfide) groups is 1. The topological polar surface area (TPSA) is 55.8 Å². The minimum absolute atomic E-state index is 0.0536. The zero-order valence-corrected chi connectivity index (χ0v) is 15.5. The van der Waals surface area contributed by atoms with E-state index in [0.717, 1.165) is 25.1 Å². The third-order valence-electron chi connectivity index (χ3n) is 4.54. The first-order valence-corrected chi connectivity index (χ1v) is 9.83. The molecule has 1 saturated heterocycles. The summed E-state index contributed by atoms with van der Waals surface area (Å²) in [6.07, 6.45) is 5.47. The fraction of sp³-hybridized carbons (Fsp3) is 0.611. The number of hydrogen-bond donors (Lipinski definition) is 2. The van der Waals surface area contributed by atoms with E-state index in [1.807, 2.05) is 19.2 Å². The quantitative estimate of drug-likeness (QED) is 0.741. The zero-order chi connectivity index (χ0) is 17.4. The maximum absolute atomic E-state index is 12.2. The number of nitrogens with one attached hydrogen (secondary N) is 1. The first kappa shape index (κ1) is 19.1. The summed E-state index contributed by atoms with van der Waals surface area (Å²) in [5.41, 5.74) is 1.14. The molecule has 0 unspecified atom stereocenters. The molecule has 1 fully saturated rings. The molecule has 5 nitrogen and oxygen atoms in total. The molecule has 1 heterocycles. The van der Waals surface area contributed by atoms with Crippen LogP contribution in [0.5, 0.6) is 0 Å². The lowest BCUT2D eigenvalue weighted by Crippen LogP contribution is -2.47. The Bertz CT molecular complexity index is 527. The Kier molecular flexibility index (Phi) is 7.88. The maximum Gasteiger partial charge on any atom is 0.317 e. The summed E-state index contributed by atoms with van der Waals surface area (Å²) in [5, 5.41) is 12.4. The summed E-state index contributed by atoms with van der Waals surface area (Å²) in [5.74, 6) is 0. The van der Waals surface area contributed by atoms with Crippen molar-refractivity contribution in [3.05, 3.63) is 29.8 Å². The molecule has 0 saturated carbocycles. The van der Waals surface area contributed by atoms with Crippen LogP contribution in [0, 0.1) is 0 Å². The summed E-state index contributed by atoms with van der Waals surface area (Å²) < 4.78 is 0. The van der Waals surface area contributed by atoms with E-state index in [0.29, 0.717) is 13.1 Å². The van der Waals surface area contributed by atoms with Gasteiger partial charge in [0.2, 0.25) is 0 Å². The number of likely N-dealkylation sites (tertiary alicyclic amines) is 1. The van der Waals surface area contributed by atoms with Gasteiger partial charge < -0.3 is 15.3 Å². The molecule has 1 aliphatic heterocycles. The molecule has 0 aliphatic carbocycles. The second-order valence-corrected chi connectivity index (χ2v) is 7.19. The van der Waals surface area contributed by atoms with Crippen LogP contribution in [0.25, 0.3) is 0 Å². The van der Waals surface area contributed by atoms with Crippen LogP contribution in [-0.4, -0.2) is 66.5 Å². The predicted octanol–water partition coefficient (Wildman–Crippen LogP) is 2.40. The Labute approximate surface area is 149 Å². The molecule has 134 valence electrons. The van der Waals surface area contributed by atoms with E-state index in [4.69, 9.17) is 0 Å². The monoisotopic (exact) mass is 351 g/mol. The van der Waals surface area contributed by atoms with E-state index in [-0.39, 0.29) is 18.7 Å². The zero-order valence-electron chi connectivity index (χ0n) is 14.7. The summed E-state index contributed by atoms with van der Waals surface area (Å²) in [6, 6.07) is 8.46. The Morgan fingerprint density at radius 1 is 1.46 bits per heavy atom. The van der Waals surface area contributed by atoms with Crippen molar-refractivity contribution >= 4 is 17.8 Å². The molecule has 0 radical (unpaired) electrons. The van der Waals surface area contributed by atoms with Gasteiger partial charge in [-0.25, -0.2) is 4.79 Å². The third-order valence-corrected chi connectivity index (χ3v) is 5.26. The number of aliphatic hydroxyl groups is 1. The van der Waals surface area contributed by atoms with Crippen LogP contribution in [0.4, 0.5) is 4.79 Å². The normalized spacial score (nSPS) is 18.4. The van der Waals surface area contributed by atoms with Gasteiger partial charge in [-0.1, -0.05) is 18.6 Å². The molecule has 6 heteroatoms. The van der Waals surface area contributed by atoms with Crippen molar-refractivity contribution in [2.24, 2.45) is 0 Å². The molecule has 1 aromatic rings. The van der Waals surface area contributed by atoms with Gasteiger partial charge in [0.25, 0.3) is 0 Å². The third kappa shape index (κ3) is 5.69. The van der Waals surface area contributed by atoms with Crippen LogP contribution in [0.15, 0.2) is 29.2 Å². The summed E-state index contributed by atoms with van der Waals surface area (Å²) in [6.45, 7) is 3.23. The minimum atomic E-state index is -0.0536. The van der Waals surface area contributed by atoms with Gasteiger partial charge in [-0.3, -0.25) is 4.90 Å². The van der Waals surface area contributed by atoms with Crippen molar-refractivity contribution in [2.75, 3.05) is 39.5 Å². The van der Waals surface area contributed by atoms with Gasteiger partial charge in [-0.2, -0.15) is 0 Å². The molecule has 0 spiro atoms. The van der Waals surface area contributed by atoms with Crippen molar-refractivity contribution in [2.45, 2.75) is 36.7 Å². The van der Waals surface area contributed by atoms with Crippen molar-refractivity contribution in [3.8, 4) is 0 Å². The fourth-order valence-corrected chi connectivity index (χ4v) is 3.60. The van der Waals surface area contributed by atoms with Crippen LogP contribution in [0.3, 0.4) is 0 Å². The highest BCUT2D eigenvalue weighted by Crippen LogP contribution is 2.17. The molecular formula is C18H29N3O2S. The van der Waals surface area contributed by atoms with E-state index < -0.39 is 0 Å².